The van der Waals surface area contributed by atoms with Crippen molar-refractivity contribution in [3.05, 3.63) is 57.8 Å². The van der Waals surface area contributed by atoms with E-state index in [1.54, 1.807) is 19.1 Å². The summed E-state index contributed by atoms with van der Waals surface area (Å²) in [7, 11) is 0. The van der Waals surface area contributed by atoms with Crippen molar-refractivity contribution in [3.63, 3.8) is 0 Å². The smallest absolute Gasteiger partial charge is 0.342 e. The molecule has 1 fully saturated rings. The van der Waals surface area contributed by atoms with E-state index >= 15 is 0 Å². The van der Waals surface area contributed by atoms with Crippen LogP contribution in [-0.4, -0.2) is 27.1 Å². The predicted molar refractivity (Wildman–Crippen MR) is 81.8 cm³/mol. The number of ether oxygens (including phenoxy) is 1. The first-order valence-electron chi connectivity index (χ1n) is 7.56. The molecule has 2 aromatic rings. The highest BCUT2D eigenvalue weighted by atomic mass is 19.1. The molecule has 0 amide bonds. The number of aromatic nitrogens is 2. The lowest BCUT2D eigenvalue weighted by Crippen LogP contribution is -2.15. The quantitative estimate of drug-likeness (QED) is 0.461. The third-order valence-corrected chi connectivity index (χ3v) is 4.17. The third-order valence-electron chi connectivity index (χ3n) is 4.17. The Bertz CT molecular complexity index is 772. The zero-order chi connectivity index (χ0) is 17.3. The third kappa shape index (κ3) is 3.27. The van der Waals surface area contributed by atoms with Crippen LogP contribution in [0.2, 0.25) is 0 Å². The van der Waals surface area contributed by atoms with Crippen LogP contribution in [0, 0.1) is 28.8 Å². The summed E-state index contributed by atoms with van der Waals surface area (Å²) >= 11 is 0. The topological polar surface area (TPSA) is 87.3 Å². The van der Waals surface area contributed by atoms with Crippen molar-refractivity contribution in [3.8, 4) is 0 Å². The number of nitrogens with zero attached hydrogens (tertiary/aromatic N) is 3. The fourth-order valence-electron chi connectivity index (χ4n) is 2.76. The van der Waals surface area contributed by atoms with Gasteiger partial charge in [-0.15, -0.1) is 0 Å². The van der Waals surface area contributed by atoms with E-state index in [1.807, 2.05) is 0 Å². The molecule has 7 nitrogen and oxygen atoms in total. The standard InChI is InChI=1S/C16H16FN3O4/c1-10-18-9-15(20(22)23)19(10)6-7-24-16(21)14-8-13(14)11-2-4-12(17)5-3-11/h2-5,9,13-14H,6-8H2,1H3. The number of imidazole rings is 1. The summed E-state index contributed by atoms with van der Waals surface area (Å²) in [5.74, 6) is -0.440. The molecular formula is C16H16FN3O4. The number of aryl methyl sites for hydroxylation is 1. The highest BCUT2D eigenvalue weighted by molar-refractivity contribution is 5.77. The van der Waals surface area contributed by atoms with Gasteiger partial charge in [-0.05, 0) is 35.0 Å². The van der Waals surface area contributed by atoms with Gasteiger partial charge in [0.2, 0.25) is 0 Å². The number of nitro groups is 1. The Hall–Kier alpha value is -2.77. The molecule has 1 aliphatic carbocycles. The number of carbonyl (C=O) groups is 1. The van der Waals surface area contributed by atoms with Crippen LogP contribution >= 0.6 is 0 Å². The Kier molecular flexibility index (Phi) is 4.28. The van der Waals surface area contributed by atoms with E-state index in [0.29, 0.717) is 12.2 Å². The molecule has 1 heterocycles. The molecule has 1 saturated carbocycles. The predicted octanol–water partition coefficient (Wildman–Crippen LogP) is 2.59. The molecule has 1 aromatic carbocycles. The van der Waals surface area contributed by atoms with Gasteiger partial charge >= 0.3 is 11.8 Å². The second-order valence-corrected chi connectivity index (χ2v) is 5.74. The Labute approximate surface area is 137 Å². The van der Waals surface area contributed by atoms with E-state index in [1.165, 1.54) is 22.9 Å². The first-order valence-corrected chi connectivity index (χ1v) is 7.56. The van der Waals surface area contributed by atoms with Crippen LogP contribution in [-0.2, 0) is 16.1 Å². The van der Waals surface area contributed by atoms with Crippen LogP contribution in [0.1, 0.15) is 23.7 Å². The van der Waals surface area contributed by atoms with Crippen LogP contribution in [0.4, 0.5) is 10.2 Å². The van der Waals surface area contributed by atoms with Crippen LogP contribution in [0.3, 0.4) is 0 Å². The number of hydrogen-bond donors (Lipinski definition) is 0. The number of halogens is 1. The molecular weight excluding hydrogens is 317 g/mol. The van der Waals surface area contributed by atoms with E-state index in [-0.39, 0.29) is 42.6 Å². The molecule has 0 aliphatic heterocycles. The van der Waals surface area contributed by atoms with Gasteiger partial charge in [-0.25, -0.2) is 13.9 Å². The van der Waals surface area contributed by atoms with Crippen LogP contribution in [0.15, 0.2) is 30.5 Å². The van der Waals surface area contributed by atoms with Crippen molar-refractivity contribution < 1.29 is 18.8 Å². The SMILES string of the molecule is Cc1ncc([N+](=O)[O-])n1CCOC(=O)C1CC1c1ccc(F)cc1. The molecule has 126 valence electrons. The van der Waals surface area contributed by atoms with Crippen molar-refractivity contribution in [2.75, 3.05) is 6.61 Å². The highest BCUT2D eigenvalue weighted by Crippen LogP contribution is 2.48. The molecule has 24 heavy (non-hydrogen) atoms. The van der Waals surface area contributed by atoms with Crippen LogP contribution in [0.5, 0.6) is 0 Å². The van der Waals surface area contributed by atoms with Crippen LogP contribution < -0.4 is 0 Å². The summed E-state index contributed by atoms with van der Waals surface area (Å²) < 4.78 is 19.5. The zero-order valence-electron chi connectivity index (χ0n) is 13.0. The minimum absolute atomic E-state index is 0.0451. The lowest BCUT2D eigenvalue weighted by Gasteiger charge is -2.05. The summed E-state index contributed by atoms with van der Waals surface area (Å²) in [6, 6.07) is 6.09. The van der Waals surface area contributed by atoms with E-state index in [0.717, 1.165) is 5.56 Å². The number of hydrogen-bond acceptors (Lipinski definition) is 5. The molecule has 0 saturated heterocycles. The van der Waals surface area contributed by atoms with Gasteiger partial charge in [0.05, 0.1) is 5.92 Å². The fourth-order valence-corrected chi connectivity index (χ4v) is 2.76. The largest absolute Gasteiger partial charge is 0.461 e. The van der Waals surface area contributed by atoms with Crippen molar-refractivity contribution in [1.29, 1.82) is 0 Å². The van der Waals surface area contributed by atoms with E-state index < -0.39 is 4.92 Å². The summed E-state index contributed by atoms with van der Waals surface area (Å²) in [5, 5.41) is 10.9. The molecule has 2 unspecified atom stereocenters. The van der Waals surface area contributed by atoms with Crippen molar-refractivity contribution in [1.82, 2.24) is 9.55 Å². The molecule has 1 aliphatic rings. The molecule has 0 spiro atoms. The fraction of sp³-hybridized carbons (Fsp3) is 0.375. The first kappa shape index (κ1) is 16.1. The Morgan fingerprint density at radius 3 is 2.83 bits per heavy atom. The minimum Gasteiger partial charge on any atom is -0.461 e. The van der Waals surface area contributed by atoms with E-state index in [4.69, 9.17) is 4.74 Å². The van der Waals surface area contributed by atoms with Gasteiger partial charge in [0.15, 0.2) is 5.82 Å². The summed E-state index contributed by atoms with van der Waals surface area (Å²) in [5.41, 5.74) is 0.916. The minimum atomic E-state index is -0.521. The monoisotopic (exact) mass is 333 g/mol. The maximum atomic E-state index is 12.9. The van der Waals surface area contributed by atoms with Crippen molar-refractivity contribution in [2.24, 2.45) is 5.92 Å². The number of rotatable bonds is 6. The highest BCUT2D eigenvalue weighted by Gasteiger charge is 2.45. The molecule has 8 heteroatoms. The zero-order valence-corrected chi connectivity index (χ0v) is 13.0. The molecule has 1 aromatic heterocycles. The van der Waals surface area contributed by atoms with Crippen molar-refractivity contribution in [2.45, 2.75) is 25.8 Å². The average Bonchev–Trinajstić information content (AvgIpc) is 3.26. The van der Waals surface area contributed by atoms with Gasteiger partial charge < -0.3 is 14.9 Å². The second-order valence-electron chi connectivity index (χ2n) is 5.74. The van der Waals surface area contributed by atoms with Gasteiger partial charge in [-0.3, -0.25) is 4.79 Å². The number of esters is 1. The van der Waals surface area contributed by atoms with E-state index in [9.17, 15) is 19.3 Å². The number of benzene rings is 1. The first-order chi connectivity index (χ1) is 11.5. The summed E-state index contributed by atoms with van der Waals surface area (Å²) in [6.45, 7) is 1.88. The molecule has 0 radical (unpaired) electrons. The van der Waals surface area contributed by atoms with Crippen LogP contribution in [0.25, 0.3) is 0 Å². The molecule has 2 atom stereocenters. The van der Waals surface area contributed by atoms with E-state index in [2.05, 4.69) is 4.98 Å². The summed E-state index contributed by atoms with van der Waals surface area (Å²) in [4.78, 5) is 26.3. The Morgan fingerprint density at radius 2 is 2.17 bits per heavy atom. The maximum Gasteiger partial charge on any atom is 0.342 e. The van der Waals surface area contributed by atoms with Crippen molar-refractivity contribution >= 4 is 11.8 Å². The Balaban J connectivity index is 1.52. The molecule has 0 N–H and O–H groups in total. The van der Waals surface area contributed by atoms with Gasteiger partial charge in [0.25, 0.3) is 0 Å². The maximum absolute atomic E-state index is 12.9. The lowest BCUT2D eigenvalue weighted by atomic mass is 10.1. The van der Waals surface area contributed by atoms with Gasteiger partial charge in [-0.1, -0.05) is 12.1 Å². The normalized spacial score (nSPS) is 19.1. The Morgan fingerprint density at radius 1 is 1.46 bits per heavy atom. The molecule has 3 rings (SSSR count). The lowest BCUT2D eigenvalue weighted by molar-refractivity contribution is -0.392. The molecule has 0 bridgehead atoms. The second kappa shape index (κ2) is 6.38. The number of carbonyl (C=O) groups excluding carboxylic acids is 1. The van der Waals surface area contributed by atoms with Gasteiger partial charge in [0, 0.05) is 6.92 Å². The van der Waals surface area contributed by atoms with Gasteiger partial charge in [0.1, 0.15) is 25.2 Å². The average molecular weight is 333 g/mol. The van der Waals surface area contributed by atoms with Gasteiger partial charge in [-0.2, -0.15) is 0 Å². The summed E-state index contributed by atoms with van der Waals surface area (Å²) in [6.07, 6.45) is 1.86.